The Morgan fingerprint density at radius 1 is 1.28 bits per heavy atom. The SMILES string of the molecule is O=C(O)/C=C(/Cc1ccc(Cl)cc1)CC(F)(F)F. The normalized spacial score (nSPS) is 12.6. The maximum Gasteiger partial charge on any atom is 0.392 e. The first-order valence-electron chi connectivity index (χ1n) is 5.00. The van der Waals surface area contributed by atoms with Crippen molar-refractivity contribution in [3.63, 3.8) is 0 Å². The van der Waals surface area contributed by atoms with Crippen molar-refractivity contribution in [2.75, 3.05) is 0 Å². The molecule has 1 aromatic rings. The van der Waals surface area contributed by atoms with E-state index in [1.165, 1.54) is 0 Å². The Kier molecular flexibility index (Phi) is 4.78. The van der Waals surface area contributed by atoms with Crippen molar-refractivity contribution >= 4 is 17.6 Å². The van der Waals surface area contributed by atoms with Crippen LogP contribution in [0.15, 0.2) is 35.9 Å². The highest BCUT2D eigenvalue weighted by molar-refractivity contribution is 6.30. The zero-order chi connectivity index (χ0) is 13.8. The molecule has 0 aromatic heterocycles. The summed E-state index contributed by atoms with van der Waals surface area (Å²) in [5.74, 6) is -1.39. The standard InChI is InChI=1S/C12H10ClF3O2/c13-10-3-1-8(2-4-10)5-9(6-11(17)18)7-12(14,15)16/h1-4,6H,5,7H2,(H,17,18)/b9-6-. The lowest BCUT2D eigenvalue weighted by Gasteiger charge is -2.10. The first kappa shape index (κ1) is 14.6. The Morgan fingerprint density at radius 3 is 2.28 bits per heavy atom. The predicted octanol–water partition coefficient (Wildman–Crippen LogP) is 3.85. The number of hydrogen-bond acceptors (Lipinski definition) is 1. The number of allylic oxidation sites excluding steroid dienone is 1. The second-order valence-corrected chi connectivity index (χ2v) is 4.17. The highest BCUT2D eigenvalue weighted by Crippen LogP contribution is 2.26. The quantitative estimate of drug-likeness (QED) is 0.850. The van der Waals surface area contributed by atoms with Gasteiger partial charge in [-0.3, -0.25) is 0 Å². The highest BCUT2D eigenvalue weighted by atomic mass is 35.5. The maximum absolute atomic E-state index is 12.3. The van der Waals surface area contributed by atoms with Gasteiger partial charge in [0.15, 0.2) is 0 Å². The van der Waals surface area contributed by atoms with Crippen LogP contribution in [-0.4, -0.2) is 17.3 Å². The minimum absolute atomic E-state index is 0.0665. The van der Waals surface area contributed by atoms with Crippen LogP contribution in [0.2, 0.25) is 5.02 Å². The van der Waals surface area contributed by atoms with Crippen LogP contribution < -0.4 is 0 Å². The second kappa shape index (κ2) is 5.91. The molecule has 6 heteroatoms. The Balaban J connectivity index is 2.85. The molecule has 0 heterocycles. The summed E-state index contributed by atoms with van der Waals surface area (Å²) in [7, 11) is 0. The van der Waals surface area contributed by atoms with E-state index in [-0.39, 0.29) is 12.0 Å². The number of carbonyl (C=O) groups is 1. The van der Waals surface area contributed by atoms with Gasteiger partial charge in [0.25, 0.3) is 0 Å². The third-order valence-corrected chi connectivity index (χ3v) is 2.35. The van der Waals surface area contributed by atoms with Crippen LogP contribution in [-0.2, 0) is 11.2 Å². The molecule has 0 radical (unpaired) electrons. The van der Waals surface area contributed by atoms with Gasteiger partial charge in [0, 0.05) is 11.1 Å². The number of rotatable bonds is 4. The van der Waals surface area contributed by atoms with E-state index in [9.17, 15) is 18.0 Å². The van der Waals surface area contributed by atoms with Crippen molar-refractivity contribution in [2.24, 2.45) is 0 Å². The minimum atomic E-state index is -4.42. The van der Waals surface area contributed by atoms with Gasteiger partial charge in [-0.05, 0) is 29.7 Å². The van der Waals surface area contributed by atoms with Gasteiger partial charge in [0.2, 0.25) is 0 Å². The molecule has 1 aromatic carbocycles. The summed E-state index contributed by atoms with van der Waals surface area (Å²) in [6.45, 7) is 0. The molecule has 0 spiro atoms. The van der Waals surface area contributed by atoms with E-state index in [0.29, 0.717) is 16.7 Å². The van der Waals surface area contributed by atoms with Crippen molar-refractivity contribution in [3.8, 4) is 0 Å². The summed E-state index contributed by atoms with van der Waals surface area (Å²) in [5.41, 5.74) is 0.383. The summed E-state index contributed by atoms with van der Waals surface area (Å²) >= 11 is 5.65. The average molecular weight is 279 g/mol. The van der Waals surface area contributed by atoms with Gasteiger partial charge in [0.05, 0.1) is 6.42 Å². The van der Waals surface area contributed by atoms with Gasteiger partial charge in [-0.25, -0.2) is 4.79 Å². The molecule has 0 bridgehead atoms. The number of alkyl halides is 3. The van der Waals surface area contributed by atoms with E-state index in [1.807, 2.05) is 0 Å². The fourth-order valence-corrected chi connectivity index (χ4v) is 1.59. The number of carboxylic acid groups (broad SMARTS) is 1. The highest BCUT2D eigenvalue weighted by Gasteiger charge is 2.29. The van der Waals surface area contributed by atoms with Crippen molar-refractivity contribution in [1.82, 2.24) is 0 Å². The largest absolute Gasteiger partial charge is 0.478 e. The third-order valence-electron chi connectivity index (χ3n) is 2.10. The molecule has 0 aliphatic carbocycles. The van der Waals surface area contributed by atoms with E-state index in [0.717, 1.165) is 0 Å². The minimum Gasteiger partial charge on any atom is -0.478 e. The first-order valence-corrected chi connectivity index (χ1v) is 5.37. The molecule has 0 amide bonds. The van der Waals surface area contributed by atoms with Gasteiger partial charge < -0.3 is 5.11 Å². The van der Waals surface area contributed by atoms with Crippen molar-refractivity contribution in [2.45, 2.75) is 19.0 Å². The van der Waals surface area contributed by atoms with E-state index in [1.54, 1.807) is 24.3 Å². The van der Waals surface area contributed by atoms with Crippen molar-refractivity contribution in [3.05, 3.63) is 46.5 Å². The van der Waals surface area contributed by atoms with Gasteiger partial charge in [0.1, 0.15) is 0 Å². The lowest BCUT2D eigenvalue weighted by Crippen LogP contribution is -2.11. The predicted molar refractivity (Wildman–Crippen MR) is 61.5 cm³/mol. The molecule has 0 aliphatic rings. The van der Waals surface area contributed by atoms with Crippen LogP contribution in [0.3, 0.4) is 0 Å². The summed E-state index contributed by atoms with van der Waals surface area (Å²) in [4.78, 5) is 10.5. The fraction of sp³-hybridized carbons (Fsp3) is 0.250. The molecule has 18 heavy (non-hydrogen) atoms. The topological polar surface area (TPSA) is 37.3 Å². The van der Waals surface area contributed by atoms with Crippen LogP contribution in [0.1, 0.15) is 12.0 Å². The first-order chi connectivity index (χ1) is 8.26. The molecule has 0 saturated carbocycles. The Hall–Kier alpha value is -1.49. The van der Waals surface area contributed by atoms with Gasteiger partial charge >= 0.3 is 12.1 Å². The van der Waals surface area contributed by atoms with E-state index < -0.39 is 18.6 Å². The zero-order valence-electron chi connectivity index (χ0n) is 9.17. The Bertz CT molecular complexity index is 449. The molecule has 1 N–H and O–H groups in total. The summed E-state index contributed by atoms with van der Waals surface area (Å²) in [6.07, 6.45) is -5.12. The zero-order valence-corrected chi connectivity index (χ0v) is 9.92. The summed E-state index contributed by atoms with van der Waals surface area (Å²) in [6, 6.07) is 6.22. The monoisotopic (exact) mass is 278 g/mol. The molecule has 2 nitrogen and oxygen atoms in total. The molecular weight excluding hydrogens is 269 g/mol. The molecule has 98 valence electrons. The molecular formula is C12H10ClF3O2. The van der Waals surface area contributed by atoms with Crippen LogP contribution in [0.25, 0.3) is 0 Å². The number of hydrogen-bond donors (Lipinski definition) is 1. The fourth-order valence-electron chi connectivity index (χ4n) is 1.46. The van der Waals surface area contributed by atoms with Crippen LogP contribution in [0.4, 0.5) is 13.2 Å². The molecule has 0 atom stereocenters. The Morgan fingerprint density at radius 2 is 1.83 bits per heavy atom. The Labute approximate surface area is 107 Å². The lowest BCUT2D eigenvalue weighted by atomic mass is 10.0. The van der Waals surface area contributed by atoms with Crippen LogP contribution >= 0.6 is 11.6 Å². The lowest BCUT2D eigenvalue weighted by molar-refractivity contribution is -0.132. The number of aliphatic carboxylic acids is 1. The van der Waals surface area contributed by atoms with Gasteiger partial charge in [-0.2, -0.15) is 13.2 Å². The van der Waals surface area contributed by atoms with E-state index in [2.05, 4.69) is 0 Å². The number of benzene rings is 1. The molecule has 0 fully saturated rings. The molecule has 1 rings (SSSR count). The summed E-state index contributed by atoms with van der Waals surface area (Å²) in [5, 5.41) is 9.01. The number of carboxylic acids is 1. The summed E-state index contributed by atoms with van der Waals surface area (Å²) < 4.78 is 36.8. The van der Waals surface area contributed by atoms with Gasteiger partial charge in [-0.1, -0.05) is 23.7 Å². The maximum atomic E-state index is 12.3. The molecule has 0 aliphatic heterocycles. The van der Waals surface area contributed by atoms with Crippen molar-refractivity contribution in [1.29, 1.82) is 0 Å². The van der Waals surface area contributed by atoms with Crippen LogP contribution in [0.5, 0.6) is 0 Å². The third kappa shape index (κ3) is 5.72. The van der Waals surface area contributed by atoms with Crippen molar-refractivity contribution < 1.29 is 23.1 Å². The molecule has 0 unspecified atom stereocenters. The average Bonchev–Trinajstić information content (AvgIpc) is 2.18. The van der Waals surface area contributed by atoms with E-state index in [4.69, 9.17) is 16.7 Å². The van der Waals surface area contributed by atoms with E-state index >= 15 is 0 Å². The van der Waals surface area contributed by atoms with Crippen LogP contribution in [0, 0.1) is 0 Å². The molecule has 0 saturated heterocycles. The number of halogens is 4. The van der Waals surface area contributed by atoms with Gasteiger partial charge in [-0.15, -0.1) is 0 Å². The smallest absolute Gasteiger partial charge is 0.392 e. The second-order valence-electron chi connectivity index (χ2n) is 3.74.